The Morgan fingerprint density at radius 1 is 1.13 bits per heavy atom. The van der Waals surface area contributed by atoms with Crippen molar-refractivity contribution in [2.24, 2.45) is 0 Å². The molecule has 0 aromatic heterocycles. The molecule has 2 aromatic rings. The van der Waals surface area contributed by atoms with Gasteiger partial charge in [0.2, 0.25) is 0 Å². The predicted octanol–water partition coefficient (Wildman–Crippen LogP) is 2.95. The summed E-state index contributed by atoms with van der Waals surface area (Å²) >= 11 is 0. The molecule has 2 aromatic carbocycles. The number of aliphatic hydroxyl groups is 1. The van der Waals surface area contributed by atoms with Gasteiger partial charge in [0.25, 0.3) is 0 Å². The van der Waals surface area contributed by atoms with Crippen molar-refractivity contribution in [3.05, 3.63) is 42.5 Å². The van der Waals surface area contributed by atoms with Crippen LogP contribution in [-0.4, -0.2) is 11.4 Å². The SMILES string of the molecule is CCC(O)Oc1cccc2ccccc12. The van der Waals surface area contributed by atoms with E-state index in [1.165, 1.54) is 0 Å². The van der Waals surface area contributed by atoms with E-state index in [1.54, 1.807) is 0 Å². The zero-order valence-electron chi connectivity index (χ0n) is 8.68. The zero-order valence-corrected chi connectivity index (χ0v) is 8.68. The lowest BCUT2D eigenvalue weighted by atomic mass is 10.1. The average Bonchev–Trinajstić information content (AvgIpc) is 2.29. The number of ether oxygens (including phenoxy) is 1. The molecule has 0 saturated carbocycles. The predicted molar refractivity (Wildman–Crippen MR) is 60.9 cm³/mol. The smallest absolute Gasteiger partial charge is 0.197 e. The summed E-state index contributed by atoms with van der Waals surface area (Å²) in [7, 11) is 0. The fraction of sp³-hybridized carbons (Fsp3) is 0.231. The summed E-state index contributed by atoms with van der Waals surface area (Å²) in [5.74, 6) is 0.738. The Labute approximate surface area is 89.1 Å². The molecule has 0 radical (unpaired) electrons. The van der Waals surface area contributed by atoms with Gasteiger partial charge >= 0.3 is 0 Å². The van der Waals surface area contributed by atoms with E-state index < -0.39 is 6.29 Å². The van der Waals surface area contributed by atoms with E-state index >= 15 is 0 Å². The Balaban J connectivity index is 2.42. The second-order valence-corrected chi connectivity index (χ2v) is 3.46. The first kappa shape index (κ1) is 9.99. The van der Waals surface area contributed by atoms with Gasteiger partial charge in [0, 0.05) is 11.8 Å². The van der Waals surface area contributed by atoms with Gasteiger partial charge in [-0.15, -0.1) is 0 Å². The van der Waals surface area contributed by atoms with Crippen LogP contribution in [0.3, 0.4) is 0 Å². The summed E-state index contributed by atoms with van der Waals surface area (Å²) in [6.45, 7) is 1.88. The Hall–Kier alpha value is -1.54. The summed E-state index contributed by atoms with van der Waals surface area (Å²) in [6, 6.07) is 13.8. The normalized spacial score (nSPS) is 12.7. The summed E-state index contributed by atoms with van der Waals surface area (Å²) in [4.78, 5) is 0. The highest BCUT2D eigenvalue weighted by molar-refractivity contribution is 5.88. The molecule has 2 rings (SSSR count). The number of aliphatic hydroxyl groups excluding tert-OH is 1. The third-order valence-electron chi connectivity index (χ3n) is 2.36. The Bertz CT molecular complexity index is 446. The maximum absolute atomic E-state index is 9.45. The van der Waals surface area contributed by atoms with Crippen molar-refractivity contribution in [2.45, 2.75) is 19.6 Å². The molecule has 2 nitrogen and oxygen atoms in total. The van der Waals surface area contributed by atoms with Crippen molar-refractivity contribution in [1.29, 1.82) is 0 Å². The Morgan fingerprint density at radius 2 is 1.87 bits per heavy atom. The minimum Gasteiger partial charge on any atom is -0.465 e. The number of hydrogen-bond acceptors (Lipinski definition) is 2. The fourth-order valence-electron chi connectivity index (χ4n) is 1.53. The van der Waals surface area contributed by atoms with Gasteiger partial charge in [-0.05, 0) is 11.5 Å². The van der Waals surface area contributed by atoms with Crippen molar-refractivity contribution in [2.75, 3.05) is 0 Å². The van der Waals surface area contributed by atoms with Gasteiger partial charge in [-0.2, -0.15) is 0 Å². The zero-order chi connectivity index (χ0) is 10.7. The highest BCUT2D eigenvalue weighted by Gasteiger charge is 2.05. The summed E-state index contributed by atoms with van der Waals surface area (Å²) in [6.07, 6.45) is -0.140. The first-order valence-electron chi connectivity index (χ1n) is 5.13. The lowest BCUT2D eigenvalue weighted by Crippen LogP contribution is -2.13. The molecule has 0 aliphatic carbocycles. The number of benzene rings is 2. The molecule has 0 saturated heterocycles. The second kappa shape index (κ2) is 4.32. The number of rotatable bonds is 3. The molecule has 2 heteroatoms. The van der Waals surface area contributed by atoms with Crippen molar-refractivity contribution >= 4 is 10.8 Å². The van der Waals surface area contributed by atoms with E-state index in [-0.39, 0.29) is 0 Å². The molecule has 1 atom stereocenters. The molecule has 15 heavy (non-hydrogen) atoms. The van der Waals surface area contributed by atoms with Crippen LogP contribution in [0.5, 0.6) is 5.75 Å². The Morgan fingerprint density at radius 3 is 2.67 bits per heavy atom. The first-order chi connectivity index (χ1) is 7.31. The maximum atomic E-state index is 9.45. The van der Waals surface area contributed by atoms with Crippen LogP contribution >= 0.6 is 0 Å². The molecule has 78 valence electrons. The van der Waals surface area contributed by atoms with Crippen LogP contribution < -0.4 is 4.74 Å². The number of hydrogen-bond donors (Lipinski definition) is 1. The lowest BCUT2D eigenvalue weighted by molar-refractivity contribution is -0.0180. The summed E-state index contributed by atoms with van der Waals surface area (Å²) in [5, 5.41) is 11.6. The van der Waals surface area contributed by atoms with Gasteiger partial charge in [-0.3, -0.25) is 0 Å². The molecule has 1 unspecified atom stereocenters. The van der Waals surface area contributed by atoms with Crippen molar-refractivity contribution in [3.8, 4) is 5.75 Å². The fourth-order valence-corrected chi connectivity index (χ4v) is 1.53. The summed E-state index contributed by atoms with van der Waals surface area (Å²) in [5.41, 5.74) is 0. The van der Waals surface area contributed by atoms with Crippen molar-refractivity contribution in [1.82, 2.24) is 0 Å². The van der Waals surface area contributed by atoms with E-state index in [1.807, 2.05) is 49.4 Å². The molecular formula is C13H14O2. The van der Waals surface area contributed by atoms with E-state index in [9.17, 15) is 5.11 Å². The Kier molecular flexibility index (Phi) is 2.88. The van der Waals surface area contributed by atoms with Crippen LogP contribution in [-0.2, 0) is 0 Å². The van der Waals surface area contributed by atoms with Gasteiger partial charge in [0.15, 0.2) is 6.29 Å². The molecule has 1 N–H and O–H groups in total. The quantitative estimate of drug-likeness (QED) is 0.775. The standard InChI is InChI=1S/C13H14O2/c1-2-13(14)15-12-9-5-7-10-6-3-4-8-11(10)12/h3-9,13-14H,2H2,1H3. The lowest BCUT2D eigenvalue weighted by Gasteiger charge is -2.13. The molecule has 0 aliphatic heterocycles. The molecule has 0 heterocycles. The van der Waals surface area contributed by atoms with Gasteiger partial charge in [-0.1, -0.05) is 43.3 Å². The molecule has 0 aliphatic rings. The topological polar surface area (TPSA) is 29.5 Å². The van der Waals surface area contributed by atoms with Crippen LogP contribution in [0.1, 0.15) is 13.3 Å². The molecule has 0 bridgehead atoms. The van der Waals surface area contributed by atoms with E-state index in [4.69, 9.17) is 4.74 Å². The molecule has 0 amide bonds. The summed E-state index contributed by atoms with van der Waals surface area (Å²) < 4.78 is 5.43. The average molecular weight is 202 g/mol. The van der Waals surface area contributed by atoms with E-state index in [0.29, 0.717) is 6.42 Å². The third-order valence-corrected chi connectivity index (χ3v) is 2.36. The minimum atomic E-state index is -0.726. The van der Waals surface area contributed by atoms with Crippen LogP contribution in [0.15, 0.2) is 42.5 Å². The number of fused-ring (bicyclic) bond motifs is 1. The van der Waals surface area contributed by atoms with Crippen LogP contribution in [0.2, 0.25) is 0 Å². The van der Waals surface area contributed by atoms with Gasteiger partial charge < -0.3 is 9.84 Å². The van der Waals surface area contributed by atoms with Gasteiger partial charge in [-0.25, -0.2) is 0 Å². The molecular weight excluding hydrogens is 188 g/mol. The third kappa shape index (κ3) is 2.10. The first-order valence-corrected chi connectivity index (χ1v) is 5.13. The minimum absolute atomic E-state index is 0.587. The van der Waals surface area contributed by atoms with Gasteiger partial charge in [0.1, 0.15) is 5.75 Å². The van der Waals surface area contributed by atoms with Crippen LogP contribution in [0.4, 0.5) is 0 Å². The monoisotopic (exact) mass is 202 g/mol. The van der Waals surface area contributed by atoms with Crippen LogP contribution in [0.25, 0.3) is 10.8 Å². The van der Waals surface area contributed by atoms with Crippen molar-refractivity contribution in [3.63, 3.8) is 0 Å². The van der Waals surface area contributed by atoms with Crippen LogP contribution in [0, 0.1) is 0 Å². The largest absolute Gasteiger partial charge is 0.465 e. The van der Waals surface area contributed by atoms with E-state index in [2.05, 4.69) is 0 Å². The second-order valence-electron chi connectivity index (χ2n) is 3.46. The maximum Gasteiger partial charge on any atom is 0.197 e. The van der Waals surface area contributed by atoms with Gasteiger partial charge in [0.05, 0.1) is 0 Å². The highest BCUT2D eigenvalue weighted by Crippen LogP contribution is 2.25. The molecule has 0 fully saturated rings. The van der Waals surface area contributed by atoms with Crippen molar-refractivity contribution < 1.29 is 9.84 Å². The highest BCUT2D eigenvalue weighted by atomic mass is 16.6. The molecule has 0 spiro atoms. The van der Waals surface area contributed by atoms with E-state index in [0.717, 1.165) is 16.5 Å².